The standard InChI is InChI=1S/C20H21N7O/c1-21-20(28)14-3-2-4-15(9-14)26-11-18-22-7-8-27(18)19(12-26)23-17-10-16(24-25-17)13-5-6-13/h2-4,7-10,12-13H,5-6,11H2,1H3,(H,21,28)(H2,23,24,25)/q+1. The van der Waals surface area contributed by atoms with Crippen molar-refractivity contribution in [2.24, 2.45) is 4.99 Å². The van der Waals surface area contributed by atoms with Gasteiger partial charge in [-0.2, -0.15) is 10.1 Å². The number of nitrogens with one attached hydrogen (secondary N) is 3. The summed E-state index contributed by atoms with van der Waals surface area (Å²) in [7, 11) is 1.63. The van der Waals surface area contributed by atoms with E-state index in [9.17, 15) is 4.79 Å². The number of aromatic nitrogens is 2. The molecule has 0 atom stereocenters. The lowest BCUT2D eigenvalue weighted by Crippen LogP contribution is -2.45. The Bertz CT molecular complexity index is 1020. The van der Waals surface area contributed by atoms with Gasteiger partial charge in [-0.3, -0.25) is 15.2 Å². The quantitative estimate of drug-likeness (QED) is 0.700. The smallest absolute Gasteiger partial charge is 0.284 e. The van der Waals surface area contributed by atoms with Crippen LogP contribution in [0.5, 0.6) is 0 Å². The van der Waals surface area contributed by atoms with Gasteiger partial charge >= 0.3 is 0 Å². The highest BCUT2D eigenvalue weighted by Crippen LogP contribution is 2.39. The van der Waals surface area contributed by atoms with Gasteiger partial charge in [-0.25, -0.2) is 0 Å². The van der Waals surface area contributed by atoms with Crippen molar-refractivity contribution in [1.29, 1.82) is 0 Å². The molecule has 8 heteroatoms. The Labute approximate surface area is 162 Å². The van der Waals surface area contributed by atoms with Crippen LogP contribution in [0, 0.1) is 0 Å². The Morgan fingerprint density at radius 1 is 1.32 bits per heavy atom. The van der Waals surface area contributed by atoms with E-state index >= 15 is 0 Å². The van der Waals surface area contributed by atoms with Crippen LogP contribution in [0.15, 0.2) is 59.7 Å². The summed E-state index contributed by atoms with van der Waals surface area (Å²) in [5.41, 5.74) is 2.73. The van der Waals surface area contributed by atoms with Gasteiger partial charge in [0.15, 0.2) is 12.0 Å². The summed E-state index contributed by atoms with van der Waals surface area (Å²) < 4.78 is 0. The molecule has 1 aromatic carbocycles. The van der Waals surface area contributed by atoms with E-state index in [-0.39, 0.29) is 5.91 Å². The molecule has 1 radical (unpaired) electrons. The number of H-pyrrole nitrogens is 1. The molecular formula is C20H21N7O+. The molecule has 3 N–H and O–H groups in total. The normalized spacial score (nSPS) is 18.5. The molecule has 1 fully saturated rings. The number of benzene rings is 1. The Morgan fingerprint density at radius 3 is 3.04 bits per heavy atom. The molecule has 1 saturated carbocycles. The zero-order valence-corrected chi connectivity index (χ0v) is 15.5. The number of anilines is 2. The van der Waals surface area contributed by atoms with E-state index in [2.05, 4.69) is 36.8 Å². The fourth-order valence-electron chi connectivity index (χ4n) is 3.44. The Hall–Kier alpha value is -3.39. The topological polar surface area (TPSA) is 91.3 Å². The zero-order chi connectivity index (χ0) is 19.1. The summed E-state index contributed by atoms with van der Waals surface area (Å²) >= 11 is 0. The number of amides is 1. The fourth-order valence-corrected chi connectivity index (χ4v) is 3.44. The minimum absolute atomic E-state index is 0.105. The van der Waals surface area contributed by atoms with Crippen LogP contribution in [-0.4, -0.2) is 35.5 Å². The molecular weight excluding hydrogens is 354 g/mol. The van der Waals surface area contributed by atoms with Crippen LogP contribution in [0.3, 0.4) is 0 Å². The minimum Gasteiger partial charge on any atom is -0.355 e. The van der Waals surface area contributed by atoms with Crippen molar-refractivity contribution < 1.29 is 4.79 Å². The van der Waals surface area contributed by atoms with Gasteiger partial charge in [0, 0.05) is 36.0 Å². The SMILES string of the molecule is CNC(=O)c1cccc(N2C=C(Nc3cc(C4CC4)[nH]n3)[N+]3C=CN=C3C2)c1. The van der Waals surface area contributed by atoms with Gasteiger partial charge in [-0.05, 0) is 35.9 Å². The number of carbonyl (C=O) groups is 1. The Morgan fingerprint density at radius 2 is 2.21 bits per heavy atom. The molecule has 1 aliphatic carbocycles. The Kier molecular flexibility index (Phi) is 3.98. The molecule has 3 aliphatic rings. The van der Waals surface area contributed by atoms with Crippen LogP contribution in [-0.2, 0) is 0 Å². The number of hydrogen-bond donors (Lipinski definition) is 3. The van der Waals surface area contributed by atoms with Crippen LogP contribution >= 0.6 is 0 Å². The van der Waals surface area contributed by atoms with Gasteiger partial charge in [0.2, 0.25) is 0 Å². The van der Waals surface area contributed by atoms with E-state index in [1.165, 1.54) is 18.5 Å². The number of aromatic amines is 1. The van der Waals surface area contributed by atoms with Crippen LogP contribution in [0.25, 0.3) is 0 Å². The molecule has 0 unspecified atom stereocenters. The summed E-state index contributed by atoms with van der Waals surface area (Å²) in [5.74, 6) is 3.07. The molecule has 5 rings (SSSR count). The highest BCUT2D eigenvalue weighted by atomic mass is 16.1. The first-order chi connectivity index (χ1) is 13.7. The fraction of sp³-hybridized carbons (Fsp3) is 0.250. The van der Waals surface area contributed by atoms with Crippen LogP contribution < -0.4 is 20.4 Å². The van der Waals surface area contributed by atoms with E-state index < -0.39 is 0 Å². The first-order valence-electron chi connectivity index (χ1n) is 9.37. The van der Waals surface area contributed by atoms with Gasteiger partial charge in [0.1, 0.15) is 6.54 Å². The predicted molar refractivity (Wildman–Crippen MR) is 108 cm³/mol. The molecule has 8 nitrogen and oxygen atoms in total. The van der Waals surface area contributed by atoms with Crippen molar-refractivity contribution >= 4 is 23.2 Å². The van der Waals surface area contributed by atoms with Crippen molar-refractivity contribution in [1.82, 2.24) is 20.4 Å². The molecule has 0 saturated heterocycles. The van der Waals surface area contributed by atoms with E-state index in [4.69, 9.17) is 0 Å². The maximum Gasteiger partial charge on any atom is 0.284 e. The third kappa shape index (κ3) is 3.07. The number of amidine groups is 1. The number of fused-ring (bicyclic) bond motifs is 1. The summed E-state index contributed by atoms with van der Waals surface area (Å²) in [6, 6.07) is 9.63. The van der Waals surface area contributed by atoms with Crippen LogP contribution in [0.1, 0.15) is 34.8 Å². The third-order valence-electron chi connectivity index (χ3n) is 5.10. The number of rotatable bonds is 5. The lowest BCUT2D eigenvalue weighted by Gasteiger charge is -2.25. The molecule has 141 valence electrons. The van der Waals surface area contributed by atoms with Gasteiger partial charge in [-0.1, -0.05) is 6.07 Å². The molecule has 2 aromatic rings. The minimum atomic E-state index is -0.105. The van der Waals surface area contributed by atoms with Gasteiger partial charge in [0.25, 0.3) is 17.6 Å². The Balaban J connectivity index is 1.44. The summed E-state index contributed by atoms with van der Waals surface area (Å²) in [4.78, 5) is 20.6. The van der Waals surface area contributed by atoms with E-state index in [1.807, 2.05) is 35.5 Å². The third-order valence-corrected chi connectivity index (χ3v) is 5.10. The second-order valence-corrected chi connectivity index (χ2v) is 7.09. The number of aliphatic imine (C=N–C) groups is 1. The average Bonchev–Trinajstić information content (AvgIpc) is 3.28. The van der Waals surface area contributed by atoms with Gasteiger partial charge in [-0.15, -0.1) is 0 Å². The molecule has 3 heterocycles. The second-order valence-electron chi connectivity index (χ2n) is 7.09. The summed E-state index contributed by atoms with van der Waals surface area (Å²) in [6.45, 7) is 0.614. The predicted octanol–water partition coefficient (Wildman–Crippen LogP) is 2.40. The molecule has 1 aromatic heterocycles. The lowest BCUT2D eigenvalue weighted by atomic mass is 10.1. The molecule has 0 spiro atoms. The number of hydrogen-bond acceptors (Lipinski definition) is 6. The zero-order valence-electron chi connectivity index (χ0n) is 15.5. The van der Waals surface area contributed by atoms with Crippen LogP contribution in [0.2, 0.25) is 0 Å². The van der Waals surface area contributed by atoms with Crippen molar-refractivity contribution in [2.75, 3.05) is 23.8 Å². The van der Waals surface area contributed by atoms with Crippen molar-refractivity contribution in [3.8, 4) is 0 Å². The van der Waals surface area contributed by atoms with Crippen molar-refractivity contribution in [2.45, 2.75) is 18.8 Å². The molecule has 1 amide bonds. The second kappa shape index (κ2) is 6.65. The van der Waals surface area contributed by atoms with Gasteiger partial charge < -0.3 is 10.2 Å². The maximum absolute atomic E-state index is 12.0. The van der Waals surface area contributed by atoms with E-state index in [0.717, 1.165) is 23.2 Å². The maximum atomic E-state index is 12.0. The van der Waals surface area contributed by atoms with Gasteiger partial charge in [0.05, 0.1) is 12.4 Å². The first-order valence-corrected chi connectivity index (χ1v) is 9.37. The largest absolute Gasteiger partial charge is 0.355 e. The lowest BCUT2D eigenvalue weighted by molar-refractivity contribution is 0.0963. The summed E-state index contributed by atoms with van der Waals surface area (Å²) in [6.07, 6.45) is 8.19. The molecule has 2 aliphatic heterocycles. The monoisotopic (exact) mass is 375 g/mol. The molecule has 28 heavy (non-hydrogen) atoms. The van der Waals surface area contributed by atoms with Crippen molar-refractivity contribution in [3.63, 3.8) is 0 Å². The average molecular weight is 375 g/mol. The van der Waals surface area contributed by atoms with E-state index in [0.29, 0.717) is 18.0 Å². The van der Waals surface area contributed by atoms with Crippen LogP contribution in [0.4, 0.5) is 11.5 Å². The highest BCUT2D eigenvalue weighted by Gasteiger charge is 2.38. The van der Waals surface area contributed by atoms with E-state index in [1.54, 1.807) is 19.3 Å². The highest BCUT2D eigenvalue weighted by molar-refractivity contribution is 5.97. The number of carbonyl (C=O) groups excluding carboxylic acids is 1. The molecule has 0 bridgehead atoms. The van der Waals surface area contributed by atoms with Crippen molar-refractivity contribution in [3.05, 3.63) is 66.0 Å². The summed E-state index contributed by atoms with van der Waals surface area (Å²) in [5, 5.41) is 13.6. The first kappa shape index (κ1) is 16.8. The number of nitrogens with zero attached hydrogens (tertiary/aromatic N) is 4.